The van der Waals surface area contributed by atoms with Crippen LogP contribution < -0.4 is 0 Å². The fourth-order valence-electron chi connectivity index (χ4n) is 0. The van der Waals surface area contributed by atoms with Crippen molar-refractivity contribution >= 4 is 6.15 Å². The molecular formula is C4H50N2O19+4. The number of hydrogen-bond donors (Lipinski definition) is 0. The van der Waals surface area contributed by atoms with Gasteiger partial charge in [-0.2, -0.15) is 9.59 Å². The van der Waals surface area contributed by atoms with Gasteiger partial charge in [0.2, 0.25) is 0 Å². The van der Waals surface area contributed by atoms with Crippen molar-refractivity contribution in [2.45, 2.75) is 22.3 Å². The van der Waals surface area contributed by atoms with Crippen molar-refractivity contribution < 1.29 is 108 Å². The first-order valence-corrected chi connectivity index (χ1v) is 0.608. The lowest BCUT2D eigenvalue weighted by molar-refractivity contribution is -0.191. The molecule has 0 bridgehead atoms. The maximum Gasteiger partial charge on any atom is 1.00 e. The summed E-state index contributed by atoms with van der Waals surface area (Å²) in [7, 11) is 0. The van der Waals surface area contributed by atoms with Crippen molar-refractivity contribution in [2.24, 2.45) is 0 Å². The molecule has 34 N–H and O–H groups in total. The van der Waals surface area contributed by atoms with Crippen molar-refractivity contribution in [3.05, 3.63) is 0 Å². The van der Waals surface area contributed by atoms with Crippen LogP contribution in [0.1, 0.15) is 28.0 Å². The lowest BCUT2D eigenvalue weighted by Gasteiger charge is -0.945. The van der Waals surface area contributed by atoms with E-state index in [4.69, 9.17) is 20.4 Å². The maximum atomic E-state index is 8.12. The molecule has 0 unspecified atom stereocenters. The van der Waals surface area contributed by atoms with E-state index in [1.807, 2.05) is 0 Å². The Bertz CT molecular complexity index is 84.5. The first-order valence-electron chi connectivity index (χ1n) is 0.608. The second-order valence-corrected chi connectivity index (χ2v) is 0.0833. The largest absolute Gasteiger partial charge is 1.00 e. The van der Waals surface area contributed by atoms with Crippen LogP contribution in [-0.4, -0.2) is 99.2 Å². The van der Waals surface area contributed by atoms with E-state index in [0.717, 1.165) is 0 Å². The fraction of sp³-hybridized carbons (Fsp3) is 0.750. The van der Waals surface area contributed by atoms with Crippen molar-refractivity contribution in [2.75, 3.05) is 0 Å². The molecule has 0 saturated heterocycles. The van der Waals surface area contributed by atoms with Gasteiger partial charge < -0.3 is 93.1 Å². The molecule has 0 atom stereocenters. The van der Waals surface area contributed by atoms with E-state index in [-0.39, 0.29) is 127 Å². The first kappa shape index (κ1) is 9020. The number of nitrogens with zero attached hydrogens (tertiary/aromatic N) is 2. The minimum atomic E-state index is 0. The molecule has 0 spiro atoms. The Hall–Kier alpha value is -1.88. The van der Waals surface area contributed by atoms with Crippen LogP contribution in [-0.2, 0) is 9.59 Å². The van der Waals surface area contributed by atoms with Crippen LogP contribution in [0.4, 0.5) is 0 Å². The van der Waals surface area contributed by atoms with Crippen molar-refractivity contribution in [1.29, 1.82) is 10.8 Å². The summed E-state index contributed by atoms with van der Waals surface area (Å²) in [6.45, 7) is 0. The van der Waals surface area contributed by atoms with Gasteiger partial charge in [0.15, 0.2) is 0 Å². The molecule has 0 fully saturated rings. The van der Waals surface area contributed by atoms with E-state index in [1.54, 1.807) is 0 Å². The molecule has 0 aromatic carbocycles. The van der Waals surface area contributed by atoms with Crippen molar-refractivity contribution in [3.8, 4) is 0 Å². The van der Waals surface area contributed by atoms with Crippen LogP contribution >= 0.6 is 0 Å². The number of rotatable bonds is 0. The average Bonchev–Trinajstić information content (AvgIpc) is 1.46. The van der Waals surface area contributed by atoms with E-state index in [0.29, 0.717) is 0 Å². The summed E-state index contributed by atoms with van der Waals surface area (Å²) >= 11 is 0. The molecule has 0 amide bonds. The van der Waals surface area contributed by atoms with Crippen LogP contribution in [0.3, 0.4) is 0 Å². The zero-order valence-corrected chi connectivity index (χ0v) is 10.7. The van der Waals surface area contributed by atoms with Gasteiger partial charge in [-0.3, -0.25) is 0 Å². The fourth-order valence-corrected chi connectivity index (χ4v) is 0. The highest BCUT2D eigenvalue weighted by Crippen LogP contribution is 0.787. The molecule has 0 aromatic heterocycles. The van der Waals surface area contributed by atoms with Gasteiger partial charge in [0.25, 0.3) is 0 Å². The Labute approximate surface area is 149 Å². The second-order valence-electron chi connectivity index (χ2n) is 0.0833. The Morgan fingerprint density at radius 1 is 0.360 bits per heavy atom. The summed E-state index contributed by atoms with van der Waals surface area (Å²) in [6.07, 6.45) is 0.250. The Morgan fingerprint density at radius 3 is 0.360 bits per heavy atom. The van der Waals surface area contributed by atoms with Gasteiger partial charge in [-0.1, -0.05) is 22.3 Å². The molecule has 0 radical (unpaired) electrons. The average molecular weight is 430 g/mol. The Morgan fingerprint density at radius 2 is 0.360 bits per heavy atom. The molecule has 0 saturated carbocycles. The highest BCUT2D eigenvalue weighted by molar-refractivity contribution is 5.20. The van der Waals surface area contributed by atoms with E-state index in [1.165, 1.54) is 0 Å². The van der Waals surface area contributed by atoms with Crippen LogP contribution in [0, 0.1) is 10.8 Å². The van der Waals surface area contributed by atoms with Gasteiger partial charge in [-0.05, 0) is 0 Å². The standard InChI is InChI=1S/CO2.3CH4.N2.17H2O/c2-1-3;;;;1-2;;;;;;;;;;;;;;;;;/h;3*1H4;;17*1H2/p+4. The molecule has 0 aromatic rings. The zero-order chi connectivity index (χ0) is 4.71. The summed E-state index contributed by atoms with van der Waals surface area (Å²) in [6, 6.07) is 0. The minimum absolute atomic E-state index is 0. The summed E-state index contributed by atoms with van der Waals surface area (Å²) < 4.78 is 0. The van der Waals surface area contributed by atoms with Gasteiger partial charge in [-0.25, -0.2) is 0 Å². The van der Waals surface area contributed by atoms with Crippen molar-refractivity contribution in [3.63, 3.8) is 0 Å². The highest BCUT2D eigenvalue weighted by atomic mass is 16.2. The van der Waals surface area contributed by atoms with E-state index >= 15 is 0 Å². The normalized spacial score (nSPS) is 0.400. The smallest absolute Gasteiger partial charge is 0.412 e. The van der Waals surface area contributed by atoms with E-state index < -0.39 is 0 Å². The molecule has 0 rings (SSSR count). The Balaban J connectivity index is -0.000000000142. The number of hydrogen-bond acceptors (Lipinski definition) is 4. The molecule has 0 aliphatic heterocycles. The lowest BCUT2D eigenvalue weighted by Crippen LogP contribution is -1.22. The molecule has 186 valence electrons. The number of carbonyl (C=O) groups excluding carboxylic acids is 2. The van der Waals surface area contributed by atoms with Gasteiger partial charge in [0.05, 0.1) is 0 Å². The monoisotopic (exact) mass is 430 g/mol. The zero-order valence-electron chi connectivity index (χ0n) is 14.7. The van der Waals surface area contributed by atoms with Gasteiger partial charge in [-0.15, -0.1) is 0 Å². The third kappa shape index (κ3) is 2530. The molecule has 0 aliphatic rings. The summed E-state index contributed by atoms with van der Waals surface area (Å²) in [4.78, 5) is 16.2. The van der Waals surface area contributed by atoms with Gasteiger partial charge in [0, 0.05) is 10.8 Å². The van der Waals surface area contributed by atoms with E-state index in [9.17, 15) is 0 Å². The highest BCUT2D eigenvalue weighted by Gasteiger charge is 1.13. The second kappa shape index (κ2) is 12700. The van der Waals surface area contributed by atoms with Crippen LogP contribution in [0.2, 0.25) is 0 Å². The third-order valence-electron chi connectivity index (χ3n) is 0. The maximum absolute atomic E-state index is 8.12. The minimum Gasteiger partial charge on any atom is -0.412 e. The van der Waals surface area contributed by atoms with Crippen LogP contribution in [0.15, 0.2) is 0 Å². The lowest BCUT2D eigenvalue weighted by atomic mass is 11.8. The summed E-state index contributed by atoms with van der Waals surface area (Å²) in [5.41, 5.74) is 0. The summed E-state index contributed by atoms with van der Waals surface area (Å²) in [5.74, 6) is 0. The molecule has 0 aliphatic carbocycles. The predicted octanol–water partition coefficient (Wildman–Crippen LogP) is -12.2. The summed E-state index contributed by atoms with van der Waals surface area (Å²) in [5, 5.41) is 12.0. The van der Waals surface area contributed by atoms with Crippen LogP contribution in [0.5, 0.6) is 0 Å². The SMILES string of the molecule is C.C.C.N#N.O.O.O.O.O.O.O.O.O.O.O.O.O.O.O.O.O.O=C=O.[H+].[H+].[H+].[H+]. The van der Waals surface area contributed by atoms with Gasteiger partial charge >= 0.3 is 11.9 Å². The van der Waals surface area contributed by atoms with Crippen molar-refractivity contribution in [1.82, 2.24) is 0 Å². The third-order valence-corrected chi connectivity index (χ3v) is 0. The molecular weight excluding hydrogens is 380 g/mol. The van der Waals surface area contributed by atoms with Crippen LogP contribution in [0.25, 0.3) is 0 Å². The topological polar surface area (TPSA) is 617 Å². The van der Waals surface area contributed by atoms with Gasteiger partial charge in [0.1, 0.15) is 0 Å². The Kier molecular flexibility index (Phi) is 4600000. The quantitative estimate of drug-likeness (QED) is 0.337. The molecule has 0 heterocycles. The molecule has 21 nitrogen and oxygen atoms in total. The van der Waals surface area contributed by atoms with E-state index in [2.05, 4.69) is 0 Å². The molecule has 21 heteroatoms. The predicted molar refractivity (Wildman–Crippen MR) is 94.5 cm³/mol. The first-order chi connectivity index (χ1) is 2.41. The molecule has 25 heavy (non-hydrogen) atoms.